The number of fused-ring (bicyclic) bond motifs is 4. The molecule has 0 saturated carbocycles. The van der Waals surface area contributed by atoms with Crippen LogP contribution < -0.4 is 9.47 Å². The molecule has 2 heterocycles. The van der Waals surface area contributed by atoms with E-state index in [0.717, 1.165) is 12.1 Å². The Morgan fingerprint density at radius 2 is 0.947 bits per heavy atom. The quantitative estimate of drug-likeness (QED) is 0.209. The van der Waals surface area contributed by atoms with Gasteiger partial charge in [0.15, 0.2) is 11.6 Å². The van der Waals surface area contributed by atoms with Crippen LogP contribution in [0, 0.1) is 0 Å². The summed E-state index contributed by atoms with van der Waals surface area (Å²) in [7, 11) is 0. The summed E-state index contributed by atoms with van der Waals surface area (Å²) < 4.78 is 11.5. The van der Waals surface area contributed by atoms with E-state index < -0.39 is 58.3 Å². The van der Waals surface area contributed by atoms with Crippen molar-refractivity contribution in [1.29, 1.82) is 0 Å². The normalized spacial score (nSPS) is 18.7. The SMILES string of the molecule is CC1CC(=O)c2c(cc3c(-c4c(O)cc(O)c5c(O)c6c(cc45)O[C@@H](C)CC6=O)c(O)cc(O)c3c2O)O1. The third-order valence-electron chi connectivity index (χ3n) is 7.05. The number of benzene rings is 4. The number of phenols is 6. The minimum atomic E-state index is -0.557. The van der Waals surface area contributed by atoms with Crippen molar-refractivity contribution >= 4 is 33.1 Å². The molecule has 2 aliphatic heterocycles. The number of hydrogen-bond acceptors (Lipinski definition) is 10. The second-order valence-electron chi connectivity index (χ2n) is 9.73. The fraction of sp³-hybridized carbons (Fsp3) is 0.214. The maximum Gasteiger partial charge on any atom is 0.174 e. The van der Waals surface area contributed by atoms with Gasteiger partial charge in [0.05, 0.1) is 10.8 Å². The zero-order chi connectivity index (χ0) is 27.2. The number of ketones is 2. The molecular weight excluding hydrogens is 496 g/mol. The minimum absolute atomic E-state index is 0.0166. The van der Waals surface area contributed by atoms with Crippen LogP contribution in [0.2, 0.25) is 0 Å². The number of rotatable bonds is 1. The van der Waals surface area contributed by atoms with Gasteiger partial charge in [0.2, 0.25) is 0 Å². The maximum atomic E-state index is 12.7. The number of Topliss-reactive ketones (excluding diaryl/α,β-unsaturated/α-hetero) is 2. The highest BCUT2D eigenvalue weighted by atomic mass is 16.5. The highest BCUT2D eigenvalue weighted by molar-refractivity contribution is 6.19. The second-order valence-corrected chi connectivity index (χ2v) is 9.73. The molecule has 38 heavy (non-hydrogen) atoms. The molecule has 0 aromatic heterocycles. The molecule has 0 radical (unpaired) electrons. The summed E-state index contributed by atoms with van der Waals surface area (Å²) in [4.78, 5) is 25.4. The zero-order valence-corrected chi connectivity index (χ0v) is 20.2. The molecule has 0 saturated heterocycles. The van der Waals surface area contributed by atoms with Crippen LogP contribution in [0.15, 0.2) is 24.3 Å². The third-order valence-corrected chi connectivity index (χ3v) is 7.05. The second kappa shape index (κ2) is 7.82. The molecule has 194 valence electrons. The summed E-state index contributed by atoms with van der Waals surface area (Å²) in [5.41, 5.74) is -0.422. The van der Waals surface area contributed by atoms with Gasteiger partial charge in [0, 0.05) is 46.9 Å². The number of ether oxygens (including phenoxy) is 2. The first-order chi connectivity index (χ1) is 18.0. The first kappa shape index (κ1) is 23.5. The van der Waals surface area contributed by atoms with Gasteiger partial charge in [-0.05, 0) is 26.0 Å². The molecule has 4 aromatic rings. The van der Waals surface area contributed by atoms with Gasteiger partial charge in [-0.3, -0.25) is 9.59 Å². The van der Waals surface area contributed by atoms with E-state index in [1.165, 1.54) is 12.1 Å². The zero-order valence-electron chi connectivity index (χ0n) is 20.2. The Labute approximate surface area is 214 Å². The number of carbonyl (C=O) groups is 2. The van der Waals surface area contributed by atoms with Crippen LogP contribution in [0.25, 0.3) is 32.7 Å². The van der Waals surface area contributed by atoms with Gasteiger partial charge in [0.1, 0.15) is 69.3 Å². The standard InChI is InChI=1S/C28H22O10/c1-9-3-13(29)25-19(37-9)5-11-21(15(31)7-17(33)23(11)27(25)35)22-12-6-20-26(14(30)4-10(2)38-20)28(36)24(12)18(34)8-16(22)32/h5-10,31-36H,3-4H2,1-2H3/t9-,10?/m0/s1. The molecule has 10 heteroatoms. The van der Waals surface area contributed by atoms with Crippen molar-refractivity contribution in [3.63, 3.8) is 0 Å². The third kappa shape index (κ3) is 3.13. The maximum absolute atomic E-state index is 12.7. The van der Waals surface area contributed by atoms with Crippen molar-refractivity contribution < 1.29 is 49.7 Å². The molecule has 2 aliphatic rings. The van der Waals surface area contributed by atoms with Crippen LogP contribution in [-0.2, 0) is 0 Å². The molecule has 2 atom stereocenters. The molecule has 10 nitrogen and oxygen atoms in total. The summed E-state index contributed by atoms with van der Waals surface area (Å²) in [5, 5.41) is 65.1. The molecule has 0 spiro atoms. The first-order valence-corrected chi connectivity index (χ1v) is 11.9. The Morgan fingerprint density at radius 3 is 1.32 bits per heavy atom. The lowest BCUT2D eigenvalue weighted by Gasteiger charge is -2.26. The Hall–Kier alpha value is -4.86. The summed E-state index contributed by atoms with van der Waals surface area (Å²) in [6, 6.07) is 4.62. The Morgan fingerprint density at radius 1 is 0.579 bits per heavy atom. The number of phenolic OH excluding ortho intramolecular Hbond substituents is 6. The molecule has 0 fully saturated rings. The molecule has 4 aromatic carbocycles. The predicted octanol–water partition coefficient (Wildman–Crippen LogP) is 4.60. The molecular formula is C28H22O10. The molecule has 6 rings (SSSR count). The van der Waals surface area contributed by atoms with Crippen molar-refractivity contribution in [3.05, 3.63) is 35.4 Å². The lowest BCUT2D eigenvalue weighted by atomic mass is 9.87. The molecule has 0 aliphatic carbocycles. The smallest absolute Gasteiger partial charge is 0.174 e. The average Bonchev–Trinajstić information content (AvgIpc) is 2.79. The Bertz CT molecular complexity index is 1620. The number of carbonyl (C=O) groups excluding carboxylic acids is 2. The van der Waals surface area contributed by atoms with Crippen molar-refractivity contribution in [2.45, 2.75) is 38.9 Å². The van der Waals surface area contributed by atoms with E-state index in [9.17, 15) is 40.2 Å². The highest BCUT2D eigenvalue weighted by Crippen LogP contribution is 2.55. The monoisotopic (exact) mass is 518 g/mol. The van der Waals surface area contributed by atoms with Gasteiger partial charge in [0.25, 0.3) is 0 Å². The van der Waals surface area contributed by atoms with E-state index in [1.807, 2.05) is 0 Å². The summed E-state index contributed by atoms with van der Waals surface area (Å²) >= 11 is 0. The van der Waals surface area contributed by atoms with Gasteiger partial charge >= 0.3 is 0 Å². The van der Waals surface area contributed by atoms with Crippen LogP contribution in [0.5, 0.6) is 46.0 Å². The number of hydrogen-bond donors (Lipinski definition) is 6. The topological polar surface area (TPSA) is 174 Å². The van der Waals surface area contributed by atoms with Crippen LogP contribution in [0.3, 0.4) is 0 Å². The summed E-state index contributed by atoms with van der Waals surface area (Å²) in [5.74, 6) is -3.94. The van der Waals surface area contributed by atoms with Crippen molar-refractivity contribution in [3.8, 4) is 57.1 Å². The van der Waals surface area contributed by atoms with Crippen molar-refractivity contribution in [1.82, 2.24) is 0 Å². The average molecular weight is 518 g/mol. The van der Waals surface area contributed by atoms with Gasteiger partial charge in [-0.15, -0.1) is 0 Å². The number of aromatic hydroxyl groups is 6. The van der Waals surface area contributed by atoms with Crippen molar-refractivity contribution in [2.75, 3.05) is 0 Å². The van der Waals surface area contributed by atoms with E-state index in [0.29, 0.717) is 0 Å². The fourth-order valence-corrected chi connectivity index (χ4v) is 5.52. The summed E-state index contributed by atoms with van der Waals surface area (Å²) in [6.07, 6.45) is -0.959. The Kier molecular flexibility index (Phi) is 4.84. The molecule has 0 bridgehead atoms. The lowest BCUT2D eigenvalue weighted by Crippen LogP contribution is -2.24. The van der Waals surface area contributed by atoms with E-state index in [4.69, 9.17) is 9.47 Å². The van der Waals surface area contributed by atoms with Gasteiger partial charge in [-0.25, -0.2) is 0 Å². The van der Waals surface area contributed by atoms with E-state index >= 15 is 0 Å². The molecule has 0 amide bonds. The van der Waals surface area contributed by atoms with Gasteiger partial charge in [-0.2, -0.15) is 0 Å². The predicted molar refractivity (Wildman–Crippen MR) is 135 cm³/mol. The van der Waals surface area contributed by atoms with Crippen LogP contribution in [0.1, 0.15) is 47.4 Å². The summed E-state index contributed by atoms with van der Waals surface area (Å²) in [6.45, 7) is 3.35. The highest BCUT2D eigenvalue weighted by Gasteiger charge is 2.34. The first-order valence-electron chi connectivity index (χ1n) is 11.9. The van der Waals surface area contributed by atoms with Crippen molar-refractivity contribution in [2.24, 2.45) is 0 Å². The van der Waals surface area contributed by atoms with Crippen LogP contribution in [0.4, 0.5) is 0 Å². The lowest BCUT2D eigenvalue weighted by molar-refractivity contribution is 0.0856. The molecule has 6 N–H and O–H groups in total. The van der Waals surface area contributed by atoms with Crippen LogP contribution >= 0.6 is 0 Å². The minimum Gasteiger partial charge on any atom is -0.507 e. The molecule has 1 unspecified atom stereocenters. The largest absolute Gasteiger partial charge is 0.507 e. The Balaban J connectivity index is 1.77. The van der Waals surface area contributed by atoms with E-state index in [1.54, 1.807) is 13.8 Å². The van der Waals surface area contributed by atoms with Gasteiger partial charge in [-0.1, -0.05) is 0 Å². The van der Waals surface area contributed by atoms with Gasteiger partial charge < -0.3 is 40.1 Å². The van der Waals surface area contributed by atoms with E-state index in [2.05, 4.69) is 0 Å². The van der Waals surface area contributed by atoms with E-state index in [-0.39, 0.29) is 68.1 Å². The fourth-order valence-electron chi connectivity index (χ4n) is 5.52. The van der Waals surface area contributed by atoms with Crippen LogP contribution in [-0.4, -0.2) is 54.4 Å².